The first kappa shape index (κ1) is 18.6. The first-order valence-electron chi connectivity index (χ1n) is 9.22. The Morgan fingerprint density at radius 3 is 2.46 bits per heavy atom. The van der Waals surface area contributed by atoms with E-state index in [4.69, 9.17) is 9.47 Å². The van der Waals surface area contributed by atoms with E-state index in [1.807, 2.05) is 22.4 Å². The number of nitrogens with one attached hydrogen (secondary N) is 2. The van der Waals surface area contributed by atoms with Crippen molar-refractivity contribution < 1.29 is 19.1 Å². The van der Waals surface area contributed by atoms with Crippen LogP contribution in [0.3, 0.4) is 0 Å². The maximum Gasteiger partial charge on any atom is 0.322 e. The van der Waals surface area contributed by atoms with Crippen molar-refractivity contribution >= 4 is 29.0 Å². The van der Waals surface area contributed by atoms with E-state index in [0.29, 0.717) is 29.6 Å². The quantitative estimate of drug-likeness (QED) is 0.806. The lowest BCUT2D eigenvalue weighted by molar-refractivity contribution is 0.0919. The van der Waals surface area contributed by atoms with Crippen LogP contribution in [0, 0.1) is 5.92 Å². The highest BCUT2D eigenvalue weighted by Crippen LogP contribution is 2.38. The van der Waals surface area contributed by atoms with Crippen LogP contribution in [0.5, 0.6) is 11.5 Å². The van der Waals surface area contributed by atoms with Gasteiger partial charge in [0.2, 0.25) is 0 Å². The van der Waals surface area contributed by atoms with E-state index in [9.17, 15) is 9.59 Å². The first-order valence-corrected chi connectivity index (χ1v) is 10.1. The van der Waals surface area contributed by atoms with Gasteiger partial charge in [-0.25, -0.2) is 4.79 Å². The Kier molecular flexibility index (Phi) is 5.13. The number of carbonyl (C=O) groups is 2. The number of likely N-dealkylation sites (tertiary alicyclic amines) is 1. The van der Waals surface area contributed by atoms with Crippen LogP contribution in [0.25, 0.3) is 0 Å². The van der Waals surface area contributed by atoms with E-state index in [0.717, 1.165) is 17.7 Å². The van der Waals surface area contributed by atoms with Gasteiger partial charge in [0.15, 0.2) is 0 Å². The van der Waals surface area contributed by atoms with E-state index < -0.39 is 0 Å². The Bertz CT molecular complexity index is 848. The third kappa shape index (κ3) is 3.64. The molecular formula is C20H23N3O4S. The van der Waals surface area contributed by atoms with Gasteiger partial charge in [0.25, 0.3) is 5.91 Å². The molecule has 2 aromatic rings. The molecule has 1 aliphatic heterocycles. The molecule has 3 amide bonds. The van der Waals surface area contributed by atoms with Gasteiger partial charge in [0, 0.05) is 42.5 Å². The molecule has 1 aromatic carbocycles. The van der Waals surface area contributed by atoms with Gasteiger partial charge in [-0.15, -0.1) is 11.3 Å². The summed E-state index contributed by atoms with van der Waals surface area (Å²) in [5.74, 6) is 1.51. The third-order valence-electron chi connectivity index (χ3n) is 5.47. The number of nitrogens with zero attached hydrogens (tertiary/aromatic N) is 1. The van der Waals surface area contributed by atoms with Crippen LogP contribution in [0.15, 0.2) is 35.7 Å². The highest BCUT2D eigenvalue weighted by Gasteiger charge is 2.47. The van der Waals surface area contributed by atoms with Crippen molar-refractivity contribution in [3.05, 3.63) is 40.6 Å². The van der Waals surface area contributed by atoms with Crippen LogP contribution >= 0.6 is 11.3 Å². The summed E-state index contributed by atoms with van der Waals surface area (Å²) in [5, 5.41) is 7.97. The molecule has 3 atom stereocenters. The zero-order valence-corrected chi connectivity index (χ0v) is 16.6. The number of carbonyl (C=O) groups excluding carboxylic acids is 2. The molecule has 8 heteroatoms. The zero-order chi connectivity index (χ0) is 19.7. The van der Waals surface area contributed by atoms with E-state index in [1.165, 1.54) is 11.3 Å². The number of methoxy groups -OCH3 is 2. The van der Waals surface area contributed by atoms with Gasteiger partial charge in [-0.3, -0.25) is 4.79 Å². The van der Waals surface area contributed by atoms with Gasteiger partial charge in [-0.1, -0.05) is 6.07 Å². The number of ether oxygens (including phenoxy) is 2. The summed E-state index contributed by atoms with van der Waals surface area (Å²) >= 11 is 1.44. The third-order valence-corrected chi connectivity index (χ3v) is 6.34. The minimum Gasteiger partial charge on any atom is -0.497 e. The molecule has 0 spiro atoms. The minimum atomic E-state index is -0.133. The topological polar surface area (TPSA) is 79.9 Å². The Morgan fingerprint density at radius 1 is 1.14 bits per heavy atom. The number of hydrogen-bond donors (Lipinski definition) is 2. The van der Waals surface area contributed by atoms with Crippen LogP contribution in [0.2, 0.25) is 0 Å². The van der Waals surface area contributed by atoms with E-state index in [2.05, 4.69) is 10.6 Å². The number of fused-ring (bicyclic) bond motifs is 2. The molecule has 2 N–H and O–H groups in total. The fraction of sp³-hybridized carbons (Fsp3) is 0.400. The van der Waals surface area contributed by atoms with Gasteiger partial charge in [0.1, 0.15) is 11.5 Å². The van der Waals surface area contributed by atoms with Crippen LogP contribution < -0.4 is 20.1 Å². The zero-order valence-electron chi connectivity index (χ0n) is 15.8. The SMILES string of the molecule is COc1cc(NC(=O)N2C[C@@H]3C[C@H]2C[C@@H]3NC(=O)c2cccs2)cc(OC)c1. The van der Waals surface area contributed by atoms with E-state index in [1.54, 1.807) is 32.4 Å². The molecule has 2 heterocycles. The molecule has 2 aliphatic rings. The summed E-state index contributed by atoms with van der Waals surface area (Å²) in [6.07, 6.45) is 1.71. The molecule has 1 saturated carbocycles. The first-order chi connectivity index (χ1) is 13.6. The van der Waals surface area contributed by atoms with Crippen molar-refractivity contribution in [2.75, 3.05) is 26.1 Å². The van der Waals surface area contributed by atoms with E-state index in [-0.39, 0.29) is 24.0 Å². The van der Waals surface area contributed by atoms with Crippen molar-refractivity contribution in [1.82, 2.24) is 10.2 Å². The highest BCUT2D eigenvalue weighted by atomic mass is 32.1. The maximum absolute atomic E-state index is 12.8. The smallest absolute Gasteiger partial charge is 0.322 e. The maximum atomic E-state index is 12.8. The van der Waals surface area contributed by atoms with Crippen LogP contribution in [0.1, 0.15) is 22.5 Å². The number of piperidine rings is 1. The molecule has 4 rings (SSSR count). The molecule has 2 fully saturated rings. The largest absolute Gasteiger partial charge is 0.497 e. The molecule has 1 aliphatic carbocycles. The van der Waals surface area contributed by atoms with Crippen molar-refractivity contribution in [3.8, 4) is 11.5 Å². The summed E-state index contributed by atoms with van der Waals surface area (Å²) in [6.45, 7) is 0.646. The number of hydrogen-bond acceptors (Lipinski definition) is 5. The van der Waals surface area contributed by atoms with Gasteiger partial charge < -0.3 is 25.0 Å². The van der Waals surface area contributed by atoms with Crippen molar-refractivity contribution in [2.24, 2.45) is 5.92 Å². The summed E-state index contributed by atoms with van der Waals surface area (Å²) < 4.78 is 10.5. The molecule has 7 nitrogen and oxygen atoms in total. The Morgan fingerprint density at radius 2 is 1.89 bits per heavy atom. The van der Waals surface area contributed by atoms with Gasteiger partial charge in [-0.2, -0.15) is 0 Å². The normalized spacial score (nSPS) is 22.8. The molecule has 28 heavy (non-hydrogen) atoms. The molecular weight excluding hydrogens is 378 g/mol. The fourth-order valence-electron chi connectivity index (χ4n) is 4.10. The second-order valence-electron chi connectivity index (χ2n) is 7.13. The molecule has 2 bridgehead atoms. The minimum absolute atomic E-state index is 0.0213. The van der Waals surface area contributed by atoms with Gasteiger partial charge in [0.05, 0.1) is 19.1 Å². The Hall–Kier alpha value is -2.74. The van der Waals surface area contributed by atoms with Crippen LogP contribution in [-0.2, 0) is 0 Å². The average molecular weight is 401 g/mol. The van der Waals surface area contributed by atoms with Crippen LogP contribution in [0.4, 0.5) is 10.5 Å². The standard InChI is InChI=1S/C20H23N3O4S/c1-26-15-7-13(8-16(10-15)27-2)21-20(25)23-11-12-6-14(23)9-17(12)22-19(24)18-4-3-5-28-18/h3-5,7-8,10,12,14,17H,6,9,11H2,1-2H3,(H,21,25)(H,22,24)/t12-,14-,17-/m0/s1. The lowest BCUT2D eigenvalue weighted by atomic mass is 10.0. The lowest BCUT2D eigenvalue weighted by Gasteiger charge is -2.32. The predicted molar refractivity (Wildman–Crippen MR) is 107 cm³/mol. The number of rotatable bonds is 5. The Balaban J connectivity index is 1.36. The number of benzene rings is 1. The second kappa shape index (κ2) is 7.71. The summed E-state index contributed by atoms with van der Waals surface area (Å²) in [4.78, 5) is 27.7. The van der Waals surface area contributed by atoms with Gasteiger partial charge in [-0.05, 0) is 30.2 Å². The lowest BCUT2D eigenvalue weighted by Crippen LogP contribution is -2.48. The fourth-order valence-corrected chi connectivity index (χ4v) is 4.73. The van der Waals surface area contributed by atoms with Gasteiger partial charge >= 0.3 is 6.03 Å². The second-order valence-corrected chi connectivity index (χ2v) is 8.07. The molecule has 148 valence electrons. The predicted octanol–water partition coefficient (Wildman–Crippen LogP) is 3.19. The molecule has 0 radical (unpaired) electrons. The van der Waals surface area contributed by atoms with Crippen LogP contribution in [-0.4, -0.2) is 49.7 Å². The molecule has 0 unspecified atom stereocenters. The van der Waals surface area contributed by atoms with Crippen molar-refractivity contribution in [1.29, 1.82) is 0 Å². The molecule has 1 aromatic heterocycles. The average Bonchev–Trinajstić information content (AvgIpc) is 3.44. The number of urea groups is 1. The van der Waals surface area contributed by atoms with Crippen molar-refractivity contribution in [3.63, 3.8) is 0 Å². The summed E-state index contributed by atoms with van der Waals surface area (Å²) in [6, 6.07) is 9.12. The van der Waals surface area contributed by atoms with E-state index >= 15 is 0 Å². The molecule has 1 saturated heterocycles. The monoisotopic (exact) mass is 401 g/mol. The summed E-state index contributed by atoms with van der Waals surface area (Å²) in [5.41, 5.74) is 0.631. The number of thiophene rings is 1. The Labute approximate surface area is 167 Å². The van der Waals surface area contributed by atoms with Crippen molar-refractivity contribution in [2.45, 2.75) is 24.9 Å². The number of anilines is 1. The number of amides is 3. The summed E-state index contributed by atoms with van der Waals surface area (Å²) in [7, 11) is 3.15. The highest BCUT2D eigenvalue weighted by molar-refractivity contribution is 7.12.